The number of aromatic nitrogens is 2. The molecule has 0 saturated heterocycles. The van der Waals surface area contributed by atoms with Crippen LogP contribution in [-0.4, -0.2) is 9.38 Å². The number of hydrogen-bond acceptors (Lipinski definition) is 1. The van der Waals surface area contributed by atoms with E-state index >= 15 is 0 Å². The molecule has 2 heterocycles. The molecule has 0 spiro atoms. The Morgan fingerprint density at radius 2 is 1.87 bits per heavy atom. The fraction of sp³-hybridized carbons (Fsp3) is 0.0833. The van der Waals surface area contributed by atoms with Gasteiger partial charge in [0.15, 0.2) is 5.15 Å². The van der Waals surface area contributed by atoms with Crippen molar-refractivity contribution in [3.63, 3.8) is 0 Å². The van der Waals surface area contributed by atoms with E-state index < -0.39 is 0 Å². The molecule has 0 atom stereocenters. The maximum absolute atomic E-state index is 6.12. The van der Waals surface area contributed by atoms with Crippen LogP contribution in [0.25, 0.3) is 16.6 Å². The minimum absolute atomic E-state index is 0.557. The zero-order chi connectivity index (χ0) is 10.4. The van der Waals surface area contributed by atoms with Crippen LogP contribution < -0.4 is 0 Å². The summed E-state index contributed by atoms with van der Waals surface area (Å²) < 4.78 is 2.13. The first-order valence-corrected chi connectivity index (χ1v) is 5.17. The summed E-state index contributed by atoms with van der Waals surface area (Å²) in [6, 6.07) is 12.1. The van der Waals surface area contributed by atoms with Crippen molar-refractivity contribution in [1.29, 1.82) is 0 Å². The van der Waals surface area contributed by atoms with Crippen LogP contribution >= 0.6 is 11.6 Å². The zero-order valence-corrected chi connectivity index (χ0v) is 8.99. The molecule has 0 amide bonds. The fourth-order valence-electron chi connectivity index (χ4n) is 1.93. The van der Waals surface area contributed by atoms with Crippen LogP contribution in [0.1, 0.15) is 5.69 Å². The molecule has 0 radical (unpaired) electrons. The number of nitrogens with zero attached hydrogens (tertiary/aromatic N) is 2. The summed E-state index contributed by atoms with van der Waals surface area (Å²) in [6.45, 7) is 2.07. The Morgan fingerprint density at radius 1 is 1.07 bits per heavy atom. The third kappa shape index (κ3) is 1.15. The summed E-state index contributed by atoms with van der Waals surface area (Å²) in [5, 5.41) is 0.557. The number of rotatable bonds is 0. The quantitative estimate of drug-likeness (QED) is 0.563. The van der Waals surface area contributed by atoms with Gasteiger partial charge in [0.2, 0.25) is 0 Å². The number of para-hydroxylation sites is 2. The number of halogens is 1. The van der Waals surface area contributed by atoms with Crippen molar-refractivity contribution in [3.05, 3.63) is 47.2 Å². The first-order valence-electron chi connectivity index (χ1n) is 4.80. The van der Waals surface area contributed by atoms with Crippen molar-refractivity contribution in [1.82, 2.24) is 9.38 Å². The first-order chi connectivity index (χ1) is 7.27. The van der Waals surface area contributed by atoms with Crippen LogP contribution in [0.5, 0.6) is 0 Å². The van der Waals surface area contributed by atoms with Crippen molar-refractivity contribution in [2.24, 2.45) is 0 Å². The molecule has 0 unspecified atom stereocenters. The maximum atomic E-state index is 6.12. The van der Waals surface area contributed by atoms with Crippen molar-refractivity contribution in [2.75, 3.05) is 0 Å². The largest absolute Gasteiger partial charge is 0.309 e. The van der Waals surface area contributed by atoms with Crippen LogP contribution in [0.3, 0.4) is 0 Å². The zero-order valence-electron chi connectivity index (χ0n) is 8.24. The van der Waals surface area contributed by atoms with Crippen LogP contribution in [0, 0.1) is 6.92 Å². The van der Waals surface area contributed by atoms with E-state index in [1.54, 1.807) is 0 Å². The van der Waals surface area contributed by atoms with Crippen molar-refractivity contribution in [3.8, 4) is 0 Å². The molecule has 2 aromatic heterocycles. The van der Waals surface area contributed by atoms with E-state index in [1.165, 1.54) is 5.69 Å². The molecular weight excluding hydrogens is 208 g/mol. The summed E-state index contributed by atoms with van der Waals surface area (Å²) in [5.74, 6) is 0. The predicted octanol–water partition coefficient (Wildman–Crippen LogP) is 3.45. The van der Waals surface area contributed by atoms with E-state index in [4.69, 9.17) is 11.6 Å². The van der Waals surface area contributed by atoms with Gasteiger partial charge in [0.1, 0.15) is 0 Å². The van der Waals surface area contributed by atoms with Crippen molar-refractivity contribution < 1.29 is 0 Å². The van der Waals surface area contributed by atoms with E-state index in [0.717, 1.165) is 16.6 Å². The van der Waals surface area contributed by atoms with E-state index in [9.17, 15) is 0 Å². The van der Waals surface area contributed by atoms with Gasteiger partial charge in [-0.3, -0.25) is 0 Å². The summed E-state index contributed by atoms with van der Waals surface area (Å²) in [6.07, 6.45) is 0. The monoisotopic (exact) mass is 216 g/mol. The van der Waals surface area contributed by atoms with Crippen LogP contribution in [0.15, 0.2) is 36.4 Å². The highest BCUT2D eigenvalue weighted by Crippen LogP contribution is 2.23. The second kappa shape index (κ2) is 2.97. The minimum Gasteiger partial charge on any atom is -0.309 e. The number of aryl methyl sites for hydroxylation is 1. The van der Waals surface area contributed by atoms with E-state index in [0.29, 0.717) is 5.15 Å². The molecule has 0 bridgehead atoms. The third-order valence-corrected chi connectivity index (χ3v) is 2.91. The number of fused-ring (bicyclic) bond motifs is 3. The first kappa shape index (κ1) is 8.74. The van der Waals surface area contributed by atoms with Gasteiger partial charge in [-0.2, -0.15) is 0 Å². The molecule has 3 aromatic rings. The lowest BCUT2D eigenvalue weighted by Gasteiger charge is -2.05. The highest BCUT2D eigenvalue weighted by atomic mass is 35.5. The van der Waals surface area contributed by atoms with Crippen LogP contribution in [-0.2, 0) is 0 Å². The SMILES string of the molecule is Cc1ccc2c(Cl)nc3ccccc3n12. The molecule has 2 nitrogen and oxygen atoms in total. The lowest BCUT2D eigenvalue weighted by molar-refractivity contribution is 1.15. The number of benzene rings is 1. The third-order valence-electron chi connectivity index (χ3n) is 2.63. The molecule has 0 fully saturated rings. The van der Waals surface area contributed by atoms with Gasteiger partial charge in [-0.05, 0) is 31.2 Å². The Morgan fingerprint density at radius 3 is 2.73 bits per heavy atom. The molecule has 3 rings (SSSR count). The maximum Gasteiger partial charge on any atom is 0.153 e. The summed E-state index contributed by atoms with van der Waals surface area (Å²) in [5.41, 5.74) is 4.16. The van der Waals surface area contributed by atoms with E-state index in [1.807, 2.05) is 24.3 Å². The molecule has 0 aliphatic heterocycles. The Bertz CT molecular complexity index is 655. The Hall–Kier alpha value is -1.54. The summed E-state index contributed by atoms with van der Waals surface area (Å²) in [7, 11) is 0. The van der Waals surface area contributed by atoms with Crippen LogP contribution in [0.4, 0.5) is 0 Å². The Labute approximate surface area is 92.1 Å². The summed E-state index contributed by atoms with van der Waals surface area (Å²) >= 11 is 6.12. The highest BCUT2D eigenvalue weighted by molar-refractivity contribution is 6.33. The lowest BCUT2D eigenvalue weighted by Crippen LogP contribution is -1.93. The molecule has 74 valence electrons. The standard InChI is InChI=1S/C12H9ClN2/c1-8-6-7-11-12(13)14-9-4-2-3-5-10(9)15(8)11/h2-7H,1H3. The van der Waals surface area contributed by atoms with Gasteiger partial charge in [0.05, 0.1) is 16.6 Å². The van der Waals surface area contributed by atoms with Gasteiger partial charge in [0, 0.05) is 5.69 Å². The van der Waals surface area contributed by atoms with Gasteiger partial charge < -0.3 is 4.40 Å². The van der Waals surface area contributed by atoms with Gasteiger partial charge in [-0.1, -0.05) is 23.7 Å². The summed E-state index contributed by atoms with van der Waals surface area (Å²) in [4.78, 5) is 4.36. The molecule has 3 heteroatoms. The molecule has 0 aliphatic carbocycles. The second-order valence-corrected chi connectivity index (χ2v) is 3.94. The van der Waals surface area contributed by atoms with Crippen molar-refractivity contribution >= 4 is 28.2 Å². The van der Waals surface area contributed by atoms with Crippen molar-refractivity contribution in [2.45, 2.75) is 6.92 Å². The molecule has 0 N–H and O–H groups in total. The normalized spacial score (nSPS) is 11.3. The average molecular weight is 217 g/mol. The average Bonchev–Trinajstić information content (AvgIpc) is 2.62. The predicted molar refractivity (Wildman–Crippen MR) is 62.4 cm³/mol. The fourth-order valence-corrected chi connectivity index (χ4v) is 2.17. The van der Waals surface area contributed by atoms with Gasteiger partial charge >= 0.3 is 0 Å². The highest BCUT2D eigenvalue weighted by Gasteiger charge is 2.07. The lowest BCUT2D eigenvalue weighted by atomic mass is 10.3. The van der Waals surface area contributed by atoms with Gasteiger partial charge in [-0.15, -0.1) is 0 Å². The smallest absolute Gasteiger partial charge is 0.153 e. The minimum atomic E-state index is 0.557. The topological polar surface area (TPSA) is 17.3 Å². The van der Waals surface area contributed by atoms with E-state index in [-0.39, 0.29) is 0 Å². The van der Waals surface area contributed by atoms with Crippen LogP contribution in [0.2, 0.25) is 5.15 Å². The number of hydrogen-bond donors (Lipinski definition) is 0. The molecule has 0 saturated carbocycles. The Kier molecular flexibility index (Phi) is 1.73. The Balaban J connectivity index is 2.67. The molecule has 1 aromatic carbocycles. The second-order valence-electron chi connectivity index (χ2n) is 3.59. The van der Waals surface area contributed by atoms with E-state index in [2.05, 4.69) is 28.4 Å². The van der Waals surface area contributed by atoms with Gasteiger partial charge in [-0.25, -0.2) is 4.98 Å². The molecular formula is C12H9ClN2. The molecule has 15 heavy (non-hydrogen) atoms. The van der Waals surface area contributed by atoms with Gasteiger partial charge in [0.25, 0.3) is 0 Å². The molecule has 0 aliphatic rings.